The molecule has 0 aliphatic carbocycles. The first-order valence-corrected chi connectivity index (χ1v) is 9.23. The summed E-state index contributed by atoms with van der Waals surface area (Å²) < 4.78 is 0. The number of H-pyrrole nitrogens is 1. The van der Waals surface area contributed by atoms with E-state index in [2.05, 4.69) is 46.3 Å². The highest BCUT2D eigenvalue weighted by atomic mass is 16.3. The Labute approximate surface area is 159 Å². The van der Waals surface area contributed by atoms with Gasteiger partial charge in [0.25, 0.3) is 0 Å². The summed E-state index contributed by atoms with van der Waals surface area (Å²) in [4.78, 5) is 10.2. The van der Waals surface area contributed by atoms with Crippen LogP contribution in [-0.2, 0) is 19.5 Å². The van der Waals surface area contributed by atoms with E-state index in [0.717, 1.165) is 37.1 Å². The third-order valence-electron chi connectivity index (χ3n) is 4.77. The van der Waals surface area contributed by atoms with Gasteiger partial charge in [-0.1, -0.05) is 48.5 Å². The van der Waals surface area contributed by atoms with Gasteiger partial charge in [0.1, 0.15) is 11.3 Å². The number of pyridine rings is 1. The van der Waals surface area contributed by atoms with E-state index in [1.54, 1.807) is 6.07 Å². The van der Waals surface area contributed by atoms with E-state index in [-0.39, 0.29) is 5.75 Å². The number of fused-ring (bicyclic) bond motifs is 1. The van der Waals surface area contributed by atoms with Crippen molar-refractivity contribution < 1.29 is 5.11 Å². The molecule has 0 amide bonds. The molecule has 27 heavy (non-hydrogen) atoms. The molecule has 136 valence electrons. The van der Waals surface area contributed by atoms with Crippen molar-refractivity contribution in [3.05, 3.63) is 95.9 Å². The van der Waals surface area contributed by atoms with E-state index in [1.165, 1.54) is 11.1 Å². The van der Waals surface area contributed by atoms with E-state index >= 15 is 0 Å². The molecule has 0 saturated heterocycles. The molecule has 0 aliphatic heterocycles. The maximum Gasteiger partial charge on any atom is 0.141 e. The fraction of sp³-hybridized carbons (Fsp3) is 0.174. The smallest absolute Gasteiger partial charge is 0.141 e. The van der Waals surface area contributed by atoms with E-state index < -0.39 is 0 Å². The Balaban J connectivity index is 1.54. The van der Waals surface area contributed by atoms with Crippen molar-refractivity contribution in [2.75, 3.05) is 6.54 Å². The Kier molecular flexibility index (Phi) is 5.17. The lowest BCUT2D eigenvalue weighted by atomic mass is 10.1. The lowest BCUT2D eigenvalue weighted by Crippen LogP contribution is -2.25. The summed E-state index contributed by atoms with van der Waals surface area (Å²) in [6.07, 6.45) is 4.99. The molecule has 4 nitrogen and oxygen atoms in total. The summed E-state index contributed by atoms with van der Waals surface area (Å²) in [5, 5.41) is 11.1. The van der Waals surface area contributed by atoms with Gasteiger partial charge < -0.3 is 10.1 Å². The van der Waals surface area contributed by atoms with Crippen LogP contribution in [0.1, 0.15) is 16.8 Å². The van der Waals surface area contributed by atoms with Crippen LogP contribution >= 0.6 is 0 Å². The van der Waals surface area contributed by atoms with Crippen molar-refractivity contribution in [1.82, 2.24) is 14.9 Å². The number of benzene rings is 2. The highest BCUT2D eigenvalue weighted by molar-refractivity contribution is 5.84. The number of nitrogens with zero attached hydrogens (tertiary/aromatic N) is 2. The average Bonchev–Trinajstić information content (AvgIpc) is 3.21. The normalized spacial score (nSPS) is 11.3. The summed E-state index contributed by atoms with van der Waals surface area (Å²) in [7, 11) is 0. The number of phenolic OH excluding ortho intramolecular Hbond substituents is 1. The molecule has 0 atom stereocenters. The number of hydrogen-bond acceptors (Lipinski definition) is 3. The van der Waals surface area contributed by atoms with Gasteiger partial charge in [-0.3, -0.25) is 4.90 Å². The number of aromatic nitrogens is 2. The molecule has 4 rings (SSSR count). The third-order valence-corrected chi connectivity index (χ3v) is 4.77. The van der Waals surface area contributed by atoms with Gasteiger partial charge in [0.2, 0.25) is 0 Å². The van der Waals surface area contributed by atoms with Crippen molar-refractivity contribution in [2.45, 2.75) is 19.5 Å². The summed E-state index contributed by atoms with van der Waals surface area (Å²) in [6, 6.07) is 22.2. The molecular formula is C23H23N3O. The number of rotatable bonds is 7. The van der Waals surface area contributed by atoms with Gasteiger partial charge in [0.15, 0.2) is 0 Å². The zero-order valence-corrected chi connectivity index (χ0v) is 15.2. The molecule has 0 aliphatic rings. The lowest BCUT2D eigenvalue weighted by Gasteiger charge is -2.22. The Bertz CT molecular complexity index is 997. The van der Waals surface area contributed by atoms with E-state index in [0.29, 0.717) is 5.52 Å². The quantitative estimate of drug-likeness (QED) is 0.511. The molecule has 4 aromatic rings. The van der Waals surface area contributed by atoms with Crippen LogP contribution in [0.2, 0.25) is 0 Å². The summed E-state index contributed by atoms with van der Waals surface area (Å²) in [6.45, 7) is 2.54. The first-order chi connectivity index (χ1) is 13.3. The van der Waals surface area contributed by atoms with Crippen molar-refractivity contribution in [3.63, 3.8) is 0 Å². The van der Waals surface area contributed by atoms with Crippen LogP contribution in [0.3, 0.4) is 0 Å². The Morgan fingerprint density at radius 2 is 1.74 bits per heavy atom. The van der Waals surface area contributed by atoms with Crippen molar-refractivity contribution >= 4 is 10.9 Å². The van der Waals surface area contributed by atoms with Crippen molar-refractivity contribution in [1.29, 1.82) is 0 Å². The highest BCUT2D eigenvalue weighted by Crippen LogP contribution is 2.23. The van der Waals surface area contributed by atoms with Crippen LogP contribution in [0.25, 0.3) is 10.9 Å². The first-order valence-electron chi connectivity index (χ1n) is 9.23. The minimum atomic E-state index is 0.233. The second-order valence-electron chi connectivity index (χ2n) is 6.82. The fourth-order valence-electron chi connectivity index (χ4n) is 3.35. The molecule has 0 unspecified atom stereocenters. The molecule has 0 fully saturated rings. The number of aromatic hydroxyl groups is 1. The van der Waals surface area contributed by atoms with Crippen LogP contribution in [0, 0.1) is 0 Å². The Hall–Kier alpha value is -3.11. The number of nitrogens with one attached hydrogen (secondary N) is 1. The largest absolute Gasteiger partial charge is 0.506 e. The first kappa shape index (κ1) is 17.3. The Morgan fingerprint density at radius 3 is 2.56 bits per heavy atom. The molecule has 0 saturated carbocycles. The van der Waals surface area contributed by atoms with Crippen LogP contribution in [0.15, 0.2) is 79.1 Å². The molecule has 2 heterocycles. The molecule has 2 aromatic carbocycles. The molecule has 0 bridgehead atoms. The molecular weight excluding hydrogens is 334 g/mol. The molecule has 2 N–H and O–H groups in total. The van der Waals surface area contributed by atoms with Crippen LogP contribution < -0.4 is 0 Å². The number of phenols is 1. The monoisotopic (exact) mass is 357 g/mol. The van der Waals surface area contributed by atoms with Crippen molar-refractivity contribution in [2.24, 2.45) is 0 Å². The minimum Gasteiger partial charge on any atom is -0.506 e. The average molecular weight is 357 g/mol. The molecule has 4 heteroatoms. The fourth-order valence-corrected chi connectivity index (χ4v) is 3.35. The standard InChI is InChI=1S/C23H23N3O/c27-22-8-4-7-20-9-10-21(25-23(20)22)17-26(14-12-18-11-13-24-15-18)16-19-5-2-1-3-6-19/h1-11,13,15,24,27H,12,14,16-17H2. The molecule has 2 aromatic heterocycles. The SMILES string of the molecule is Oc1cccc2ccc(CN(CCc3cc[nH]c3)Cc3ccccc3)nc12. The van der Waals surface area contributed by atoms with Crippen LogP contribution in [0.5, 0.6) is 5.75 Å². The Morgan fingerprint density at radius 1 is 0.852 bits per heavy atom. The molecule has 0 radical (unpaired) electrons. The second-order valence-corrected chi connectivity index (χ2v) is 6.82. The highest BCUT2D eigenvalue weighted by Gasteiger charge is 2.10. The number of para-hydroxylation sites is 1. The summed E-state index contributed by atoms with van der Waals surface area (Å²) >= 11 is 0. The molecule has 0 spiro atoms. The van der Waals surface area contributed by atoms with Crippen LogP contribution in [0.4, 0.5) is 0 Å². The number of aromatic amines is 1. The van der Waals surface area contributed by atoms with Gasteiger partial charge in [-0.15, -0.1) is 0 Å². The predicted octanol–water partition coefficient (Wildman–Crippen LogP) is 4.51. The predicted molar refractivity (Wildman–Crippen MR) is 108 cm³/mol. The zero-order chi connectivity index (χ0) is 18.5. The summed E-state index contributed by atoms with van der Waals surface area (Å²) in [5.74, 6) is 0.233. The van der Waals surface area contributed by atoms with E-state index in [4.69, 9.17) is 4.98 Å². The van der Waals surface area contributed by atoms with Gasteiger partial charge in [0, 0.05) is 37.4 Å². The van der Waals surface area contributed by atoms with Gasteiger partial charge in [-0.2, -0.15) is 0 Å². The van der Waals surface area contributed by atoms with Gasteiger partial charge in [-0.05, 0) is 35.7 Å². The maximum absolute atomic E-state index is 10.1. The van der Waals surface area contributed by atoms with E-state index in [9.17, 15) is 5.11 Å². The topological polar surface area (TPSA) is 52.1 Å². The lowest BCUT2D eigenvalue weighted by molar-refractivity contribution is 0.257. The van der Waals surface area contributed by atoms with Crippen LogP contribution in [-0.4, -0.2) is 26.5 Å². The van der Waals surface area contributed by atoms with Crippen molar-refractivity contribution in [3.8, 4) is 5.75 Å². The van der Waals surface area contributed by atoms with Gasteiger partial charge in [0.05, 0.1) is 5.69 Å². The van der Waals surface area contributed by atoms with E-state index in [1.807, 2.05) is 36.7 Å². The van der Waals surface area contributed by atoms with Gasteiger partial charge in [-0.25, -0.2) is 4.98 Å². The second kappa shape index (κ2) is 8.06. The van der Waals surface area contributed by atoms with Gasteiger partial charge >= 0.3 is 0 Å². The third kappa shape index (κ3) is 4.36. The summed E-state index contributed by atoms with van der Waals surface area (Å²) in [5.41, 5.74) is 4.22. The number of hydrogen-bond donors (Lipinski definition) is 2. The maximum atomic E-state index is 10.1. The zero-order valence-electron chi connectivity index (χ0n) is 15.2. The minimum absolute atomic E-state index is 0.233.